The molecule has 0 N–H and O–H groups in total. The fourth-order valence-electron chi connectivity index (χ4n) is 2.21. The second-order valence-electron chi connectivity index (χ2n) is 6.78. The SMILES string of the molecule is CC(C)(CC(F)(F)C(F)(F)F)S(=O)(=O)C(C)(C)CC(F)(F)C(F)(F)F. The van der Waals surface area contributed by atoms with Crippen LogP contribution in [0.25, 0.3) is 0 Å². The Morgan fingerprint density at radius 1 is 0.560 bits per heavy atom. The zero-order valence-electron chi connectivity index (χ0n) is 13.4. The van der Waals surface area contributed by atoms with Crippen LogP contribution in [-0.4, -0.2) is 42.1 Å². The Morgan fingerprint density at radius 3 is 0.920 bits per heavy atom. The molecule has 0 bridgehead atoms. The van der Waals surface area contributed by atoms with Gasteiger partial charge in [-0.3, -0.25) is 0 Å². The molecule has 0 aliphatic rings. The first-order chi connectivity index (χ1) is 10.4. The van der Waals surface area contributed by atoms with Crippen LogP contribution in [0.4, 0.5) is 43.9 Å². The number of hydrogen-bond donors (Lipinski definition) is 0. The molecule has 2 nitrogen and oxygen atoms in total. The number of alkyl halides is 10. The van der Waals surface area contributed by atoms with E-state index < -0.39 is 56.4 Å². The Balaban J connectivity index is 5.88. The highest BCUT2D eigenvalue weighted by Crippen LogP contribution is 2.48. The predicted molar refractivity (Wildman–Crippen MR) is 68.3 cm³/mol. The Labute approximate surface area is 137 Å². The summed E-state index contributed by atoms with van der Waals surface area (Å²) >= 11 is 0. The molecule has 0 amide bonds. The summed E-state index contributed by atoms with van der Waals surface area (Å²) in [4.78, 5) is 0. The van der Waals surface area contributed by atoms with Crippen LogP contribution in [0.5, 0.6) is 0 Å². The van der Waals surface area contributed by atoms with Crippen LogP contribution in [0.15, 0.2) is 0 Å². The zero-order chi connectivity index (χ0) is 20.9. The molecule has 0 fully saturated rings. The van der Waals surface area contributed by atoms with Crippen molar-refractivity contribution in [3.63, 3.8) is 0 Å². The lowest BCUT2D eigenvalue weighted by molar-refractivity contribution is -0.287. The van der Waals surface area contributed by atoms with Crippen molar-refractivity contribution in [2.75, 3.05) is 0 Å². The summed E-state index contributed by atoms with van der Waals surface area (Å²) in [7, 11) is -5.28. The van der Waals surface area contributed by atoms with Gasteiger partial charge >= 0.3 is 24.2 Å². The predicted octanol–water partition coefficient (Wildman–Crippen LogP) is 5.13. The molecular weight excluding hydrogens is 398 g/mol. The van der Waals surface area contributed by atoms with Crippen molar-refractivity contribution in [1.82, 2.24) is 0 Å². The van der Waals surface area contributed by atoms with E-state index in [0.29, 0.717) is 27.7 Å². The lowest BCUT2D eigenvalue weighted by atomic mass is 10.0. The Hall–Kier alpha value is -0.750. The van der Waals surface area contributed by atoms with E-state index in [-0.39, 0.29) is 0 Å². The van der Waals surface area contributed by atoms with Crippen LogP contribution in [0, 0.1) is 0 Å². The summed E-state index contributed by atoms with van der Waals surface area (Å²) in [6, 6.07) is 0. The molecular formula is C12H16F10O2S. The van der Waals surface area contributed by atoms with Gasteiger partial charge in [0.2, 0.25) is 0 Å². The van der Waals surface area contributed by atoms with Gasteiger partial charge in [-0.2, -0.15) is 43.9 Å². The molecule has 0 saturated carbocycles. The van der Waals surface area contributed by atoms with Crippen LogP contribution in [0.1, 0.15) is 40.5 Å². The van der Waals surface area contributed by atoms with Crippen molar-refractivity contribution in [2.45, 2.75) is 74.2 Å². The zero-order valence-corrected chi connectivity index (χ0v) is 14.2. The maximum absolute atomic E-state index is 13.2. The summed E-state index contributed by atoms with van der Waals surface area (Å²) in [5.74, 6) is -11.0. The first-order valence-corrected chi connectivity index (χ1v) is 8.03. The molecule has 0 aliphatic heterocycles. The van der Waals surface area contributed by atoms with Crippen LogP contribution >= 0.6 is 0 Å². The second kappa shape index (κ2) is 6.15. The normalized spacial score (nSPS) is 16.2. The van der Waals surface area contributed by atoms with Gasteiger partial charge in [-0.05, 0) is 27.7 Å². The molecule has 0 aromatic rings. The lowest BCUT2D eigenvalue weighted by Crippen LogP contribution is -2.54. The quantitative estimate of drug-likeness (QED) is 0.565. The third-order valence-electron chi connectivity index (χ3n) is 3.58. The van der Waals surface area contributed by atoms with Gasteiger partial charge in [0.25, 0.3) is 0 Å². The van der Waals surface area contributed by atoms with Gasteiger partial charge in [0.1, 0.15) is 0 Å². The molecule has 0 heterocycles. The van der Waals surface area contributed by atoms with Crippen LogP contribution in [-0.2, 0) is 9.84 Å². The van der Waals surface area contributed by atoms with E-state index >= 15 is 0 Å². The Kier molecular flexibility index (Phi) is 5.97. The highest BCUT2D eigenvalue weighted by Gasteiger charge is 2.65. The molecule has 0 aliphatic carbocycles. The summed E-state index contributed by atoms with van der Waals surface area (Å²) < 4.78 is 145. The van der Waals surface area contributed by atoms with Gasteiger partial charge in [-0.1, -0.05) is 0 Å². The number of sulfone groups is 1. The van der Waals surface area contributed by atoms with Crippen LogP contribution in [0.3, 0.4) is 0 Å². The van der Waals surface area contributed by atoms with Gasteiger partial charge in [0.15, 0.2) is 9.84 Å². The van der Waals surface area contributed by atoms with E-state index in [2.05, 4.69) is 0 Å². The summed E-state index contributed by atoms with van der Waals surface area (Å²) in [6.07, 6.45) is -16.9. The summed E-state index contributed by atoms with van der Waals surface area (Å²) in [5, 5.41) is 0. The number of hydrogen-bond acceptors (Lipinski definition) is 2. The van der Waals surface area contributed by atoms with E-state index in [4.69, 9.17) is 0 Å². The van der Waals surface area contributed by atoms with Gasteiger partial charge in [0, 0.05) is 12.8 Å². The van der Waals surface area contributed by atoms with E-state index in [1.165, 1.54) is 0 Å². The maximum atomic E-state index is 13.2. The van der Waals surface area contributed by atoms with Gasteiger partial charge in [0.05, 0.1) is 9.49 Å². The van der Waals surface area contributed by atoms with Crippen molar-refractivity contribution < 1.29 is 52.3 Å². The van der Waals surface area contributed by atoms with Crippen molar-refractivity contribution in [3.05, 3.63) is 0 Å². The molecule has 0 rings (SSSR count). The molecule has 0 atom stereocenters. The molecule has 152 valence electrons. The Bertz CT molecular complexity index is 538. The summed E-state index contributed by atoms with van der Waals surface area (Å²) in [5.41, 5.74) is 0. The van der Waals surface area contributed by atoms with E-state index in [1.54, 1.807) is 0 Å². The minimum atomic E-state index is -6.11. The maximum Gasteiger partial charge on any atom is 0.453 e. The molecule has 0 saturated heterocycles. The van der Waals surface area contributed by atoms with Gasteiger partial charge in [-0.15, -0.1) is 0 Å². The lowest BCUT2D eigenvalue weighted by Gasteiger charge is -2.38. The van der Waals surface area contributed by atoms with E-state index in [0.717, 1.165) is 0 Å². The van der Waals surface area contributed by atoms with E-state index in [1.807, 2.05) is 0 Å². The van der Waals surface area contributed by atoms with Crippen LogP contribution in [0.2, 0.25) is 0 Å². The standard InChI is InChI=1S/C12H16F10O2S/c1-7(2,5-9(13,14)11(17,18)19)25(23,24)8(3,4)6-10(15,16)12(20,21)22/h5-6H2,1-4H3. The van der Waals surface area contributed by atoms with Crippen molar-refractivity contribution >= 4 is 9.84 Å². The van der Waals surface area contributed by atoms with Crippen molar-refractivity contribution in [2.24, 2.45) is 0 Å². The third-order valence-corrected chi connectivity index (χ3v) is 6.78. The first-order valence-electron chi connectivity index (χ1n) is 6.55. The molecule has 0 radical (unpaired) electrons. The molecule has 25 heavy (non-hydrogen) atoms. The third kappa shape index (κ3) is 4.70. The second-order valence-corrected chi connectivity index (χ2v) is 10.00. The Morgan fingerprint density at radius 2 is 0.760 bits per heavy atom. The van der Waals surface area contributed by atoms with Gasteiger partial charge < -0.3 is 0 Å². The average Bonchev–Trinajstić information content (AvgIpc) is 2.21. The fraction of sp³-hybridized carbons (Fsp3) is 1.00. The fourth-order valence-corrected chi connectivity index (χ4v) is 4.45. The highest BCUT2D eigenvalue weighted by molar-refractivity contribution is 7.94. The molecule has 13 heteroatoms. The molecule has 0 spiro atoms. The van der Waals surface area contributed by atoms with E-state index in [9.17, 15) is 52.3 Å². The van der Waals surface area contributed by atoms with Crippen molar-refractivity contribution in [1.29, 1.82) is 0 Å². The molecule has 0 unspecified atom stereocenters. The number of halogens is 10. The molecule has 0 aromatic heterocycles. The van der Waals surface area contributed by atoms with Crippen LogP contribution < -0.4 is 0 Å². The minimum absolute atomic E-state index is 0.412. The number of rotatable bonds is 6. The average molecular weight is 414 g/mol. The first kappa shape index (κ1) is 24.2. The minimum Gasteiger partial charge on any atom is -0.228 e. The topological polar surface area (TPSA) is 34.1 Å². The summed E-state index contributed by atoms with van der Waals surface area (Å²) in [6.45, 7) is 1.65. The largest absolute Gasteiger partial charge is 0.453 e. The van der Waals surface area contributed by atoms with Crippen molar-refractivity contribution in [3.8, 4) is 0 Å². The molecule has 0 aromatic carbocycles. The van der Waals surface area contributed by atoms with Gasteiger partial charge in [-0.25, -0.2) is 8.42 Å². The monoisotopic (exact) mass is 414 g/mol. The smallest absolute Gasteiger partial charge is 0.228 e. The highest BCUT2D eigenvalue weighted by atomic mass is 32.2.